The maximum atomic E-state index is 13.1. The average molecular weight is 406 g/mol. The molecule has 0 fully saturated rings. The summed E-state index contributed by atoms with van der Waals surface area (Å²) < 4.78 is 32.5. The summed E-state index contributed by atoms with van der Waals surface area (Å²) in [5, 5.41) is 3.10. The number of aryl methyl sites for hydroxylation is 2. The first-order valence-electron chi connectivity index (χ1n) is 8.79. The molecule has 0 bridgehead atoms. The van der Waals surface area contributed by atoms with Crippen LogP contribution in [0.5, 0.6) is 5.75 Å². The molecule has 1 aromatic carbocycles. The van der Waals surface area contributed by atoms with Crippen molar-refractivity contribution in [2.45, 2.75) is 33.2 Å². The zero-order valence-corrected chi connectivity index (χ0v) is 16.3. The maximum Gasteiger partial charge on any atom is 0.320 e. The van der Waals surface area contributed by atoms with Crippen LogP contribution < -0.4 is 10.1 Å². The van der Waals surface area contributed by atoms with Crippen molar-refractivity contribution in [1.29, 1.82) is 0 Å². The monoisotopic (exact) mass is 406 g/mol. The van der Waals surface area contributed by atoms with Gasteiger partial charge in [0.1, 0.15) is 5.75 Å². The number of nitrogens with one attached hydrogen (secondary N) is 1. The quantitative estimate of drug-likeness (QED) is 0.590. The van der Waals surface area contributed by atoms with Crippen LogP contribution in [0, 0.1) is 6.92 Å². The van der Waals surface area contributed by atoms with Crippen LogP contribution in [-0.2, 0) is 11.2 Å². The Morgan fingerprint density at radius 3 is 2.89 bits per heavy atom. The molecule has 148 valence electrons. The minimum absolute atomic E-state index is 0.135. The number of alkyl halides is 2. The van der Waals surface area contributed by atoms with Crippen LogP contribution >= 0.6 is 11.3 Å². The lowest BCUT2D eigenvalue weighted by Gasteiger charge is -2.09. The van der Waals surface area contributed by atoms with Gasteiger partial charge in [0.25, 0.3) is 0 Å². The molecule has 0 atom stereocenters. The predicted molar refractivity (Wildman–Crippen MR) is 104 cm³/mol. The SMILES string of the molecule is CCOc1ccccc1CCC(=O)Nc1nc(C)c(-c2nccn2C(F)F)s1. The van der Waals surface area contributed by atoms with E-state index in [0.717, 1.165) is 27.2 Å². The topological polar surface area (TPSA) is 69.0 Å². The molecule has 28 heavy (non-hydrogen) atoms. The van der Waals surface area contributed by atoms with E-state index in [2.05, 4.69) is 15.3 Å². The zero-order chi connectivity index (χ0) is 20.1. The first-order chi connectivity index (χ1) is 13.5. The second kappa shape index (κ2) is 8.92. The molecule has 0 aliphatic rings. The van der Waals surface area contributed by atoms with Gasteiger partial charge in [-0.3, -0.25) is 9.36 Å². The number of carbonyl (C=O) groups is 1. The number of anilines is 1. The van der Waals surface area contributed by atoms with E-state index in [-0.39, 0.29) is 18.2 Å². The molecule has 0 saturated heterocycles. The van der Waals surface area contributed by atoms with Crippen molar-refractivity contribution in [3.05, 3.63) is 47.9 Å². The summed E-state index contributed by atoms with van der Waals surface area (Å²) >= 11 is 1.13. The van der Waals surface area contributed by atoms with Gasteiger partial charge < -0.3 is 10.1 Å². The fourth-order valence-electron chi connectivity index (χ4n) is 2.74. The number of benzene rings is 1. The number of thiazole rings is 1. The van der Waals surface area contributed by atoms with E-state index in [4.69, 9.17) is 4.74 Å². The van der Waals surface area contributed by atoms with Crippen molar-refractivity contribution in [3.63, 3.8) is 0 Å². The third-order valence-electron chi connectivity index (χ3n) is 4.02. The number of amides is 1. The molecule has 3 aromatic rings. The Morgan fingerprint density at radius 2 is 2.14 bits per heavy atom. The van der Waals surface area contributed by atoms with Crippen molar-refractivity contribution in [2.24, 2.45) is 0 Å². The molecule has 3 rings (SSSR count). The molecule has 6 nitrogen and oxygen atoms in total. The highest BCUT2D eigenvalue weighted by molar-refractivity contribution is 7.19. The third kappa shape index (κ3) is 4.53. The second-order valence-electron chi connectivity index (χ2n) is 5.96. The van der Waals surface area contributed by atoms with E-state index in [1.807, 2.05) is 31.2 Å². The summed E-state index contributed by atoms with van der Waals surface area (Å²) in [5.41, 5.74) is 1.49. The van der Waals surface area contributed by atoms with Crippen LogP contribution in [0.3, 0.4) is 0 Å². The molecule has 1 N–H and O–H groups in total. The van der Waals surface area contributed by atoms with Gasteiger partial charge in [0.2, 0.25) is 5.91 Å². The standard InChI is InChI=1S/C19H20F2N4O2S/c1-3-27-14-7-5-4-6-13(14)8-9-15(26)24-19-23-12(2)16(28-19)17-22-10-11-25(17)18(20)21/h4-7,10-11,18H,3,8-9H2,1-2H3,(H,23,24,26). The predicted octanol–water partition coefficient (Wildman–Crippen LogP) is 4.68. The first kappa shape index (κ1) is 19.9. The number of hydrogen-bond acceptors (Lipinski definition) is 5. The first-order valence-corrected chi connectivity index (χ1v) is 9.60. The highest BCUT2D eigenvalue weighted by atomic mass is 32.1. The van der Waals surface area contributed by atoms with Crippen molar-refractivity contribution in [1.82, 2.24) is 14.5 Å². The van der Waals surface area contributed by atoms with E-state index in [0.29, 0.717) is 28.7 Å². The van der Waals surface area contributed by atoms with Gasteiger partial charge in [-0.1, -0.05) is 29.5 Å². The number of halogens is 2. The third-order valence-corrected chi connectivity index (χ3v) is 5.09. The van der Waals surface area contributed by atoms with E-state index in [9.17, 15) is 13.6 Å². The fraction of sp³-hybridized carbons (Fsp3) is 0.316. The zero-order valence-electron chi connectivity index (χ0n) is 15.5. The van der Waals surface area contributed by atoms with Crippen molar-refractivity contribution < 1.29 is 18.3 Å². The highest BCUT2D eigenvalue weighted by Gasteiger charge is 2.19. The summed E-state index contributed by atoms with van der Waals surface area (Å²) in [5.74, 6) is 0.698. The van der Waals surface area contributed by atoms with Crippen LogP contribution in [0.4, 0.5) is 13.9 Å². The van der Waals surface area contributed by atoms with Gasteiger partial charge in [0, 0.05) is 18.8 Å². The highest BCUT2D eigenvalue weighted by Crippen LogP contribution is 2.33. The number of carbonyl (C=O) groups excluding carboxylic acids is 1. The summed E-state index contributed by atoms with van der Waals surface area (Å²) in [6, 6.07) is 7.58. The fourth-order valence-corrected chi connectivity index (χ4v) is 3.72. The summed E-state index contributed by atoms with van der Waals surface area (Å²) in [6.07, 6.45) is 3.31. The molecule has 0 saturated carbocycles. The Hall–Kier alpha value is -2.81. The van der Waals surface area contributed by atoms with Crippen molar-refractivity contribution >= 4 is 22.4 Å². The number of hydrogen-bond donors (Lipinski definition) is 1. The number of aromatic nitrogens is 3. The molecular weight excluding hydrogens is 386 g/mol. The van der Waals surface area contributed by atoms with Crippen molar-refractivity contribution in [2.75, 3.05) is 11.9 Å². The van der Waals surface area contributed by atoms with Gasteiger partial charge in [0.15, 0.2) is 11.0 Å². The lowest BCUT2D eigenvalue weighted by atomic mass is 10.1. The largest absolute Gasteiger partial charge is 0.494 e. The molecule has 9 heteroatoms. The lowest BCUT2D eigenvalue weighted by Crippen LogP contribution is -2.12. The lowest BCUT2D eigenvalue weighted by molar-refractivity contribution is -0.116. The van der Waals surface area contributed by atoms with Crippen LogP contribution in [0.1, 0.15) is 31.2 Å². The number of para-hydroxylation sites is 1. The Labute approximate surface area is 165 Å². The van der Waals surface area contributed by atoms with E-state index >= 15 is 0 Å². The van der Waals surface area contributed by atoms with Gasteiger partial charge in [-0.15, -0.1) is 0 Å². The molecule has 0 unspecified atom stereocenters. The number of imidazole rings is 1. The average Bonchev–Trinajstić information content (AvgIpc) is 3.27. The molecule has 0 radical (unpaired) electrons. The van der Waals surface area contributed by atoms with Gasteiger partial charge in [-0.2, -0.15) is 8.78 Å². The van der Waals surface area contributed by atoms with E-state index < -0.39 is 6.55 Å². The molecule has 2 heterocycles. The van der Waals surface area contributed by atoms with Crippen LogP contribution in [0.15, 0.2) is 36.7 Å². The summed E-state index contributed by atoms with van der Waals surface area (Å²) in [6.45, 7) is 1.47. The Bertz CT molecular complexity index is 955. The molecular formula is C19H20F2N4O2S. The normalized spacial score (nSPS) is 11.0. The van der Waals surface area contributed by atoms with Gasteiger partial charge >= 0.3 is 6.55 Å². The molecule has 0 aliphatic heterocycles. The Kier molecular flexibility index (Phi) is 6.35. The molecule has 0 aliphatic carbocycles. The number of nitrogens with zero attached hydrogens (tertiary/aromatic N) is 3. The van der Waals surface area contributed by atoms with Gasteiger partial charge in [-0.25, -0.2) is 9.97 Å². The van der Waals surface area contributed by atoms with Gasteiger partial charge in [-0.05, 0) is 31.9 Å². The van der Waals surface area contributed by atoms with Crippen LogP contribution in [-0.4, -0.2) is 27.0 Å². The second-order valence-corrected chi connectivity index (χ2v) is 6.96. The minimum Gasteiger partial charge on any atom is -0.494 e. The number of ether oxygens (including phenoxy) is 1. The van der Waals surface area contributed by atoms with Crippen molar-refractivity contribution in [3.8, 4) is 16.5 Å². The van der Waals surface area contributed by atoms with Crippen LogP contribution in [0.2, 0.25) is 0 Å². The maximum absolute atomic E-state index is 13.1. The molecule has 1 amide bonds. The van der Waals surface area contributed by atoms with E-state index in [1.165, 1.54) is 12.4 Å². The van der Waals surface area contributed by atoms with E-state index in [1.54, 1.807) is 6.92 Å². The molecule has 2 aromatic heterocycles. The number of rotatable bonds is 8. The Balaban J connectivity index is 1.66. The minimum atomic E-state index is -2.69. The van der Waals surface area contributed by atoms with Gasteiger partial charge in [0.05, 0.1) is 17.2 Å². The molecule has 0 spiro atoms. The van der Waals surface area contributed by atoms with Crippen LogP contribution in [0.25, 0.3) is 10.7 Å². The summed E-state index contributed by atoms with van der Waals surface area (Å²) in [7, 11) is 0. The smallest absolute Gasteiger partial charge is 0.320 e. The summed E-state index contributed by atoms with van der Waals surface area (Å²) in [4.78, 5) is 21.1. The Morgan fingerprint density at radius 1 is 1.36 bits per heavy atom.